The highest BCUT2D eigenvalue weighted by Crippen LogP contribution is 2.24. The molecule has 0 atom stereocenters. The smallest absolute Gasteiger partial charge is 0.244 e. The Labute approximate surface area is 135 Å². The average molecular weight is 380 g/mol. The predicted octanol–water partition coefficient (Wildman–Crippen LogP) is 2.51. The molecule has 1 aromatic rings. The molecule has 0 saturated carbocycles. The first-order chi connectivity index (χ1) is 10.0. The van der Waals surface area contributed by atoms with E-state index in [-0.39, 0.29) is 4.90 Å². The Morgan fingerprint density at radius 2 is 1.57 bits per heavy atom. The molecule has 0 saturated heterocycles. The van der Waals surface area contributed by atoms with Gasteiger partial charge in [-0.05, 0) is 41.9 Å². The van der Waals surface area contributed by atoms with Crippen LogP contribution in [-0.4, -0.2) is 52.2 Å². The Bertz CT molecular complexity index is 511. The highest BCUT2D eigenvalue weighted by atomic mass is 79.9. The molecule has 1 aromatic carbocycles. The molecule has 0 radical (unpaired) electrons. The number of rotatable bonds is 10. The molecule has 0 unspecified atom stereocenters. The largest absolute Gasteiger partial charge is 0.380 e. The second-order valence-electron chi connectivity index (χ2n) is 4.23. The van der Waals surface area contributed by atoms with Crippen LogP contribution in [0.2, 0.25) is 0 Å². The number of ether oxygens (including phenoxy) is 2. The molecule has 1 rings (SSSR count). The fourth-order valence-electron chi connectivity index (χ4n) is 1.77. The van der Waals surface area contributed by atoms with Crippen molar-refractivity contribution in [2.45, 2.75) is 18.7 Å². The molecule has 7 heteroatoms. The van der Waals surface area contributed by atoms with Gasteiger partial charge in [0.1, 0.15) is 0 Å². The molecular formula is C14H22BrNO4S. The van der Waals surface area contributed by atoms with Gasteiger partial charge in [0.25, 0.3) is 0 Å². The molecule has 0 bridgehead atoms. The van der Waals surface area contributed by atoms with E-state index < -0.39 is 10.0 Å². The Morgan fingerprint density at radius 3 is 2.05 bits per heavy atom. The third-order valence-electron chi connectivity index (χ3n) is 2.83. The van der Waals surface area contributed by atoms with Gasteiger partial charge in [0.05, 0.1) is 18.1 Å². The van der Waals surface area contributed by atoms with Crippen molar-refractivity contribution in [3.8, 4) is 0 Å². The summed E-state index contributed by atoms with van der Waals surface area (Å²) < 4.78 is 38.0. The average Bonchev–Trinajstić information content (AvgIpc) is 2.46. The molecule has 5 nitrogen and oxygen atoms in total. The second-order valence-corrected chi connectivity index (χ2v) is 6.99. The van der Waals surface area contributed by atoms with Gasteiger partial charge in [0.2, 0.25) is 10.0 Å². The maximum absolute atomic E-state index is 12.7. The maximum atomic E-state index is 12.7. The first-order valence-electron chi connectivity index (χ1n) is 6.94. The summed E-state index contributed by atoms with van der Waals surface area (Å²) in [6.45, 7) is 6.25. The molecule has 0 aromatic heterocycles. The van der Waals surface area contributed by atoms with E-state index in [1.54, 1.807) is 24.3 Å². The van der Waals surface area contributed by atoms with Crippen LogP contribution >= 0.6 is 15.9 Å². The summed E-state index contributed by atoms with van der Waals surface area (Å²) >= 11 is 3.30. The van der Waals surface area contributed by atoms with Gasteiger partial charge in [0, 0.05) is 30.8 Å². The lowest BCUT2D eigenvalue weighted by atomic mass is 10.4. The zero-order valence-corrected chi connectivity index (χ0v) is 14.8. The van der Waals surface area contributed by atoms with Crippen molar-refractivity contribution in [1.29, 1.82) is 0 Å². The van der Waals surface area contributed by atoms with Crippen LogP contribution in [0.4, 0.5) is 0 Å². The molecule has 0 heterocycles. The Hall–Kier alpha value is -0.470. The summed E-state index contributed by atoms with van der Waals surface area (Å²) in [5.74, 6) is 0. The number of hydrogen-bond donors (Lipinski definition) is 0. The molecule has 0 aliphatic heterocycles. The third kappa shape index (κ3) is 5.67. The third-order valence-corrected chi connectivity index (χ3v) is 5.74. The molecule has 0 N–H and O–H groups in total. The van der Waals surface area contributed by atoms with E-state index in [4.69, 9.17) is 9.47 Å². The van der Waals surface area contributed by atoms with E-state index >= 15 is 0 Å². The van der Waals surface area contributed by atoms with Crippen LogP contribution in [0.25, 0.3) is 0 Å². The van der Waals surface area contributed by atoms with E-state index in [9.17, 15) is 8.42 Å². The SMILES string of the molecule is CCOCCN(CCOCC)S(=O)(=O)c1ccccc1Br. The van der Waals surface area contributed by atoms with Gasteiger partial charge in [-0.2, -0.15) is 4.31 Å². The fraction of sp³-hybridized carbons (Fsp3) is 0.571. The summed E-state index contributed by atoms with van der Waals surface area (Å²) in [4.78, 5) is 0.262. The van der Waals surface area contributed by atoms with E-state index in [0.29, 0.717) is 44.0 Å². The summed E-state index contributed by atoms with van der Waals surface area (Å²) in [7, 11) is -3.57. The molecule has 0 aliphatic rings. The van der Waals surface area contributed by atoms with Crippen molar-refractivity contribution in [3.63, 3.8) is 0 Å². The quantitative estimate of drug-likeness (QED) is 0.586. The van der Waals surface area contributed by atoms with Crippen LogP contribution in [-0.2, 0) is 19.5 Å². The number of nitrogens with zero attached hydrogens (tertiary/aromatic N) is 1. The zero-order chi connectivity index (χ0) is 15.7. The van der Waals surface area contributed by atoms with Crippen molar-refractivity contribution in [3.05, 3.63) is 28.7 Å². The van der Waals surface area contributed by atoms with Gasteiger partial charge in [-0.15, -0.1) is 0 Å². The van der Waals surface area contributed by atoms with Crippen molar-refractivity contribution in [1.82, 2.24) is 4.31 Å². The first kappa shape index (κ1) is 18.6. The van der Waals surface area contributed by atoms with Gasteiger partial charge in [-0.25, -0.2) is 8.42 Å². The molecule has 0 fully saturated rings. The van der Waals surface area contributed by atoms with Gasteiger partial charge < -0.3 is 9.47 Å². The molecule has 21 heavy (non-hydrogen) atoms. The van der Waals surface area contributed by atoms with Crippen molar-refractivity contribution < 1.29 is 17.9 Å². The Morgan fingerprint density at radius 1 is 1.05 bits per heavy atom. The Balaban J connectivity index is 2.90. The number of hydrogen-bond acceptors (Lipinski definition) is 4. The number of halogens is 1. The van der Waals surface area contributed by atoms with Gasteiger partial charge in [-0.3, -0.25) is 0 Å². The highest BCUT2D eigenvalue weighted by Gasteiger charge is 2.25. The van der Waals surface area contributed by atoms with Gasteiger partial charge in [0.15, 0.2) is 0 Å². The first-order valence-corrected chi connectivity index (χ1v) is 9.17. The summed E-state index contributed by atoms with van der Waals surface area (Å²) in [6.07, 6.45) is 0. The van der Waals surface area contributed by atoms with Gasteiger partial charge >= 0.3 is 0 Å². The van der Waals surface area contributed by atoms with Crippen molar-refractivity contribution in [2.75, 3.05) is 39.5 Å². The van der Waals surface area contributed by atoms with E-state index in [1.807, 2.05) is 13.8 Å². The van der Waals surface area contributed by atoms with Crippen LogP contribution in [0.5, 0.6) is 0 Å². The topological polar surface area (TPSA) is 55.8 Å². The maximum Gasteiger partial charge on any atom is 0.244 e. The van der Waals surface area contributed by atoms with E-state index in [1.165, 1.54) is 4.31 Å². The predicted molar refractivity (Wildman–Crippen MR) is 85.9 cm³/mol. The fourth-order valence-corrected chi connectivity index (χ4v) is 4.14. The number of sulfonamides is 1. The summed E-state index contributed by atoms with van der Waals surface area (Å²) in [5.41, 5.74) is 0. The van der Waals surface area contributed by atoms with Crippen LogP contribution in [0.3, 0.4) is 0 Å². The lowest BCUT2D eigenvalue weighted by molar-refractivity contribution is 0.110. The standard InChI is InChI=1S/C14H22BrNO4S/c1-3-19-11-9-16(10-12-20-4-2)21(17,18)14-8-6-5-7-13(14)15/h5-8H,3-4,9-12H2,1-2H3. The molecule has 0 aliphatic carbocycles. The Kier molecular flexibility index (Phi) is 8.43. The monoisotopic (exact) mass is 379 g/mol. The lowest BCUT2D eigenvalue weighted by Crippen LogP contribution is -2.37. The molecule has 0 amide bonds. The normalized spacial score (nSPS) is 12.0. The minimum Gasteiger partial charge on any atom is -0.380 e. The summed E-state index contributed by atoms with van der Waals surface area (Å²) in [5, 5.41) is 0. The van der Waals surface area contributed by atoms with Crippen LogP contribution in [0.1, 0.15) is 13.8 Å². The van der Waals surface area contributed by atoms with Gasteiger partial charge in [-0.1, -0.05) is 12.1 Å². The van der Waals surface area contributed by atoms with Crippen LogP contribution in [0.15, 0.2) is 33.6 Å². The van der Waals surface area contributed by atoms with E-state index in [2.05, 4.69) is 15.9 Å². The highest BCUT2D eigenvalue weighted by molar-refractivity contribution is 9.10. The van der Waals surface area contributed by atoms with Crippen molar-refractivity contribution in [2.24, 2.45) is 0 Å². The van der Waals surface area contributed by atoms with Crippen LogP contribution in [0, 0.1) is 0 Å². The molecule has 0 spiro atoms. The lowest BCUT2D eigenvalue weighted by Gasteiger charge is -2.22. The van der Waals surface area contributed by atoms with Crippen molar-refractivity contribution >= 4 is 26.0 Å². The number of benzene rings is 1. The second kappa shape index (κ2) is 9.53. The molecular weight excluding hydrogens is 358 g/mol. The molecule has 120 valence electrons. The minimum absolute atomic E-state index is 0.262. The minimum atomic E-state index is -3.57. The summed E-state index contributed by atoms with van der Waals surface area (Å²) in [6, 6.07) is 6.80. The van der Waals surface area contributed by atoms with E-state index in [0.717, 1.165) is 0 Å². The zero-order valence-electron chi connectivity index (χ0n) is 12.4. The van der Waals surface area contributed by atoms with Crippen LogP contribution < -0.4 is 0 Å².